The van der Waals surface area contributed by atoms with Gasteiger partial charge in [-0.3, -0.25) is 9.59 Å². The van der Waals surface area contributed by atoms with Crippen LogP contribution in [0.3, 0.4) is 0 Å². The number of carbonyl (C=O) groups excluding carboxylic acids is 1. The average Bonchev–Trinajstić information content (AvgIpc) is 2.82. The van der Waals surface area contributed by atoms with Gasteiger partial charge in [0.05, 0.1) is 5.41 Å². The van der Waals surface area contributed by atoms with E-state index in [1.54, 1.807) is 11.6 Å². The number of thiazole rings is 1. The molecule has 18 heavy (non-hydrogen) atoms. The van der Waals surface area contributed by atoms with Crippen molar-refractivity contribution >= 4 is 28.3 Å². The van der Waals surface area contributed by atoms with E-state index in [4.69, 9.17) is 0 Å². The highest BCUT2D eigenvalue weighted by molar-refractivity contribution is 7.13. The van der Waals surface area contributed by atoms with Crippen molar-refractivity contribution in [2.75, 3.05) is 5.32 Å². The molecule has 0 aromatic carbocycles. The first-order valence-corrected chi connectivity index (χ1v) is 6.93. The van der Waals surface area contributed by atoms with Gasteiger partial charge in [0.2, 0.25) is 5.91 Å². The van der Waals surface area contributed by atoms with Gasteiger partial charge in [-0.05, 0) is 12.8 Å². The molecule has 1 heterocycles. The largest absolute Gasteiger partial charge is 0.481 e. The summed E-state index contributed by atoms with van der Waals surface area (Å²) in [6, 6.07) is 0. The van der Waals surface area contributed by atoms with Crippen LogP contribution in [0, 0.1) is 5.41 Å². The molecular weight excluding hydrogens is 252 g/mol. The lowest BCUT2D eigenvalue weighted by Crippen LogP contribution is -2.37. The summed E-state index contributed by atoms with van der Waals surface area (Å²) < 4.78 is 0. The second-order valence-corrected chi connectivity index (χ2v) is 5.60. The van der Waals surface area contributed by atoms with Gasteiger partial charge in [0, 0.05) is 18.0 Å². The molecule has 1 aliphatic carbocycles. The van der Waals surface area contributed by atoms with Gasteiger partial charge < -0.3 is 10.4 Å². The minimum atomic E-state index is -0.875. The summed E-state index contributed by atoms with van der Waals surface area (Å²) in [7, 11) is 0. The summed E-state index contributed by atoms with van der Waals surface area (Å²) in [5.74, 6) is -1.11. The van der Waals surface area contributed by atoms with Crippen molar-refractivity contribution in [3.05, 3.63) is 11.6 Å². The normalized spacial score (nSPS) is 18.2. The molecule has 5 nitrogen and oxygen atoms in total. The van der Waals surface area contributed by atoms with Crippen molar-refractivity contribution in [2.45, 2.75) is 38.5 Å². The summed E-state index contributed by atoms with van der Waals surface area (Å²) in [5, 5.41) is 14.3. The fraction of sp³-hybridized carbons (Fsp3) is 0.583. The lowest BCUT2D eigenvalue weighted by Gasteiger charge is -2.32. The number of anilines is 1. The zero-order valence-electron chi connectivity index (χ0n) is 10.0. The van der Waals surface area contributed by atoms with Crippen molar-refractivity contribution in [3.63, 3.8) is 0 Å². The molecule has 0 aliphatic heterocycles. The Morgan fingerprint density at radius 1 is 1.39 bits per heavy atom. The molecule has 0 atom stereocenters. The zero-order chi connectivity index (χ0) is 13.0. The summed E-state index contributed by atoms with van der Waals surface area (Å²) in [6.45, 7) is 0. The van der Waals surface area contributed by atoms with Crippen LogP contribution in [0.4, 0.5) is 5.13 Å². The maximum absolute atomic E-state index is 11.9. The van der Waals surface area contributed by atoms with Gasteiger partial charge in [0.15, 0.2) is 5.13 Å². The van der Waals surface area contributed by atoms with Gasteiger partial charge in [0.1, 0.15) is 0 Å². The first-order chi connectivity index (χ1) is 8.62. The smallest absolute Gasteiger partial charge is 0.310 e. The number of carboxylic acids is 1. The maximum Gasteiger partial charge on any atom is 0.310 e. The molecule has 1 saturated carbocycles. The lowest BCUT2D eigenvalue weighted by molar-refractivity contribution is -0.153. The number of aliphatic carboxylic acids is 1. The molecule has 2 N–H and O–H groups in total. The van der Waals surface area contributed by atoms with Crippen LogP contribution in [0.5, 0.6) is 0 Å². The monoisotopic (exact) mass is 268 g/mol. The molecule has 0 spiro atoms. The van der Waals surface area contributed by atoms with Crippen molar-refractivity contribution < 1.29 is 14.7 Å². The summed E-state index contributed by atoms with van der Waals surface area (Å²) >= 11 is 1.33. The fourth-order valence-corrected chi connectivity index (χ4v) is 3.00. The number of carbonyl (C=O) groups is 2. The number of aromatic nitrogens is 1. The van der Waals surface area contributed by atoms with Gasteiger partial charge in [0.25, 0.3) is 0 Å². The highest BCUT2D eigenvalue weighted by atomic mass is 32.1. The van der Waals surface area contributed by atoms with Gasteiger partial charge in [-0.2, -0.15) is 0 Å². The molecule has 0 radical (unpaired) electrons. The molecule has 0 unspecified atom stereocenters. The number of hydrogen-bond acceptors (Lipinski definition) is 4. The molecule has 1 aliphatic rings. The van der Waals surface area contributed by atoms with Gasteiger partial charge >= 0.3 is 5.97 Å². The number of nitrogens with one attached hydrogen (secondary N) is 1. The number of amides is 1. The Balaban J connectivity index is 2.00. The van der Waals surface area contributed by atoms with Gasteiger partial charge in [-0.15, -0.1) is 11.3 Å². The summed E-state index contributed by atoms with van der Waals surface area (Å²) in [5.41, 5.74) is -0.875. The molecule has 1 aromatic rings. The van der Waals surface area contributed by atoms with E-state index in [0.29, 0.717) is 18.0 Å². The van der Waals surface area contributed by atoms with Crippen molar-refractivity contribution in [1.82, 2.24) is 4.98 Å². The van der Waals surface area contributed by atoms with E-state index in [1.807, 2.05) is 0 Å². The Hall–Kier alpha value is -1.43. The molecular formula is C12H16N2O3S. The molecule has 1 amide bonds. The lowest BCUT2D eigenvalue weighted by atomic mass is 9.71. The van der Waals surface area contributed by atoms with Crippen molar-refractivity contribution in [3.8, 4) is 0 Å². The predicted octanol–water partition coefficient (Wildman–Crippen LogP) is 2.51. The van der Waals surface area contributed by atoms with E-state index in [2.05, 4.69) is 10.3 Å². The molecule has 1 aromatic heterocycles. The molecule has 0 saturated heterocycles. The third-order valence-electron chi connectivity index (χ3n) is 3.44. The third-order valence-corrected chi connectivity index (χ3v) is 4.13. The van der Waals surface area contributed by atoms with E-state index in [1.165, 1.54) is 11.3 Å². The Morgan fingerprint density at radius 3 is 2.67 bits per heavy atom. The Bertz CT molecular complexity index is 425. The molecule has 0 bridgehead atoms. The van der Waals surface area contributed by atoms with Crippen LogP contribution in [-0.2, 0) is 9.59 Å². The Kier molecular flexibility index (Phi) is 3.96. The minimum Gasteiger partial charge on any atom is -0.481 e. The highest BCUT2D eigenvalue weighted by Crippen LogP contribution is 2.39. The molecule has 2 rings (SSSR count). The van der Waals surface area contributed by atoms with Crippen LogP contribution < -0.4 is 5.32 Å². The van der Waals surface area contributed by atoms with Crippen LogP contribution in [0.2, 0.25) is 0 Å². The number of rotatable bonds is 4. The maximum atomic E-state index is 11.9. The molecule has 1 fully saturated rings. The highest BCUT2D eigenvalue weighted by Gasteiger charge is 2.41. The van der Waals surface area contributed by atoms with Crippen molar-refractivity contribution in [2.24, 2.45) is 5.41 Å². The zero-order valence-corrected chi connectivity index (χ0v) is 10.8. The summed E-state index contributed by atoms with van der Waals surface area (Å²) in [4.78, 5) is 27.3. The number of hydrogen-bond donors (Lipinski definition) is 2. The fourth-order valence-electron chi connectivity index (χ4n) is 2.45. The number of carboxylic acid groups (broad SMARTS) is 1. The first-order valence-electron chi connectivity index (χ1n) is 6.05. The van der Waals surface area contributed by atoms with Gasteiger partial charge in [-0.1, -0.05) is 19.3 Å². The Morgan fingerprint density at radius 2 is 2.11 bits per heavy atom. The SMILES string of the molecule is O=C(CC1(C(=O)O)CCCCC1)Nc1nccs1. The average molecular weight is 268 g/mol. The second-order valence-electron chi connectivity index (χ2n) is 4.71. The van der Waals surface area contributed by atoms with Crippen LogP contribution in [0.1, 0.15) is 38.5 Å². The molecule has 98 valence electrons. The van der Waals surface area contributed by atoms with E-state index in [-0.39, 0.29) is 12.3 Å². The van der Waals surface area contributed by atoms with Crippen molar-refractivity contribution in [1.29, 1.82) is 0 Å². The third kappa shape index (κ3) is 2.87. The van der Waals surface area contributed by atoms with E-state index >= 15 is 0 Å². The van der Waals surface area contributed by atoms with Crippen LogP contribution >= 0.6 is 11.3 Å². The first kappa shape index (κ1) is 13.0. The minimum absolute atomic E-state index is 0.0436. The summed E-state index contributed by atoms with van der Waals surface area (Å²) in [6.07, 6.45) is 5.66. The number of nitrogens with zero attached hydrogens (tertiary/aromatic N) is 1. The van der Waals surface area contributed by atoms with Crippen LogP contribution in [0.25, 0.3) is 0 Å². The predicted molar refractivity (Wildman–Crippen MR) is 68.5 cm³/mol. The van der Waals surface area contributed by atoms with E-state index in [9.17, 15) is 14.7 Å². The van der Waals surface area contributed by atoms with E-state index < -0.39 is 11.4 Å². The van der Waals surface area contributed by atoms with Gasteiger partial charge in [-0.25, -0.2) is 4.98 Å². The van der Waals surface area contributed by atoms with Crippen LogP contribution in [-0.4, -0.2) is 22.0 Å². The standard InChI is InChI=1S/C12H16N2O3S/c15-9(14-11-13-6-7-18-11)8-12(10(16)17)4-2-1-3-5-12/h6-7H,1-5,8H2,(H,16,17)(H,13,14,15). The van der Waals surface area contributed by atoms with E-state index in [0.717, 1.165) is 19.3 Å². The second kappa shape index (κ2) is 5.48. The topological polar surface area (TPSA) is 79.3 Å². The quantitative estimate of drug-likeness (QED) is 0.879. The van der Waals surface area contributed by atoms with Crippen LogP contribution in [0.15, 0.2) is 11.6 Å². The Labute approximate surface area is 109 Å². The molecule has 6 heteroatoms.